The second-order valence-corrected chi connectivity index (χ2v) is 11.2. The van der Waals surface area contributed by atoms with Crippen molar-refractivity contribution in [2.24, 2.45) is 0 Å². The van der Waals surface area contributed by atoms with Crippen molar-refractivity contribution < 1.29 is 19.1 Å². The third-order valence-electron chi connectivity index (χ3n) is 7.11. The van der Waals surface area contributed by atoms with Gasteiger partial charge >= 0.3 is 6.09 Å². The molecule has 0 atom stereocenters. The number of piperazine rings is 1. The highest BCUT2D eigenvalue weighted by Crippen LogP contribution is 2.26. The van der Waals surface area contributed by atoms with Crippen LogP contribution in [0.3, 0.4) is 0 Å². The predicted molar refractivity (Wildman–Crippen MR) is 157 cm³/mol. The van der Waals surface area contributed by atoms with Gasteiger partial charge in [0.15, 0.2) is 11.6 Å². The molecule has 11 heteroatoms. The second-order valence-electron chi connectivity index (χ2n) is 11.2. The van der Waals surface area contributed by atoms with E-state index in [0.29, 0.717) is 45.1 Å². The van der Waals surface area contributed by atoms with E-state index in [0.717, 1.165) is 35.6 Å². The summed E-state index contributed by atoms with van der Waals surface area (Å²) in [7, 11) is 0. The lowest BCUT2D eigenvalue weighted by Crippen LogP contribution is -2.50. The number of pyridine rings is 1. The molecule has 4 heterocycles. The average Bonchev–Trinajstić information content (AvgIpc) is 2.97. The van der Waals surface area contributed by atoms with Gasteiger partial charge in [0.2, 0.25) is 0 Å². The van der Waals surface area contributed by atoms with Crippen LogP contribution in [-0.2, 0) is 15.9 Å². The third-order valence-corrected chi connectivity index (χ3v) is 7.11. The molecule has 2 aliphatic heterocycles. The number of morpholine rings is 1. The zero-order chi connectivity index (χ0) is 29.0. The van der Waals surface area contributed by atoms with Crippen LogP contribution in [0.15, 0.2) is 48.9 Å². The van der Waals surface area contributed by atoms with Crippen LogP contribution in [0.2, 0.25) is 0 Å². The van der Waals surface area contributed by atoms with Crippen LogP contribution in [0.25, 0.3) is 11.3 Å². The number of nitrogens with zero attached hydrogens (tertiary/aromatic N) is 6. The smallest absolute Gasteiger partial charge is 0.410 e. The lowest BCUT2D eigenvalue weighted by molar-refractivity contribution is 0.0240. The van der Waals surface area contributed by atoms with Gasteiger partial charge < -0.3 is 29.9 Å². The minimum absolute atomic E-state index is 0.107. The number of carbonyl (C=O) groups is 2. The van der Waals surface area contributed by atoms with Crippen LogP contribution >= 0.6 is 0 Å². The van der Waals surface area contributed by atoms with Crippen molar-refractivity contribution in [2.45, 2.75) is 32.8 Å². The zero-order valence-electron chi connectivity index (χ0n) is 23.9. The Bertz CT molecular complexity index is 1380. The summed E-state index contributed by atoms with van der Waals surface area (Å²) in [6, 6.07) is 9.88. The quantitative estimate of drug-likeness (QED) is 0.449. The van der Waals surface area contributed by atoms with Crippen molar-refractivity contribution in [2.75, 3.05) is 68.0 Å². The van der Waals surface area contributed by atoms with E-state index < -0.39 is 5.60 Å². The molecule has 1 amide bonds. The molecule has 11 nitrogen and oxygen atoms in total. The highest BCUT2D eigenvalue weighted by molar-refractivity contribution is 6.00. The minimum atomic E-state index is -0.510. The van der Waals surface area contributed by atoms with E-state index in [1.54, 1.807) is 23.5 Å². The Morgan fingerprint density at radius 3 is 2.34 bits per heavy atom. The van der Waals surface area contributed by atoms with Gasteiger partial charge in [0.25, 0.3) is 0 Å². The summed E-state index contributed by atoms with van der Waals surface area (Å²) in [5, 5.41) is 0. The molecule has 41 heavy (non-hydrogen) atoms. The Labute approximate surface area is 240 Å². The van der Waals surface area contributed by atoms with Crippen LogP contribution in [-0.4, -0.2) is 89.8 Å². The Kier molecular flexibility index (Phi) is 8.34. The number of hydrogen-bond donors (Lipinski definition) is 1. The summed E-state index contributed by atoms with van der Waals surface area (Å²) in [5.74, 6) is -0.103. The highest BCUT2D eigenvalue weighted by Gasteiger charge is 2.26. The lowest BCUT2D eigenvalue weighted by Gasteiger charge is -2.36. The highest BCUT2D eigenvalue weighted by atomic mass is 16.6. The van der Waals surface area contributed by atoms with Crippen molar-refractivity contribution in [3.8, 4) is 11.3 Å². The number of Topliss-reactive ketones (excluding diaryl/α,β-unsaturated/α-hetero) is 1. The number of nitrogen functional groups attached to an aromatic ring is 1. The maximum absolute atomic E-state index is 13.4. The standard InChI is InChI=1S/C30H37N7O4/c1-30(2,3)41-29(39)37-12-10-35(11-13-37)23-6-4-21(5-7-23)24-20-33-28(31)27(34-24)26(38)18-22-19-32-9-8-25(22)36-14-16-40-17-15-36/h4-9,19-20H,10-18H2,1-3H3,(H2,31,33). The molecule has 2 aromatic heterocycles. The predicted octanol–water partition coefficient (Wildman–Crippen LogP) is 3.44. The lowest BCUT2D eigenvalue weighted by atomic mass is 10.1. The van der Waals surface area contributed by atoms with Crippen molar-refractivity contribution in [1.29, 1.82) is 0 Å². The van der Waals surface area contributed by atoms with E-state index in [2.05, 4.69) is 24.8 Å². The molecule has 3 aromatic rings. The number of rotatable bonds is 6. The first kappa shape index (κ1) is 28.3. The van der Waals surface area contributed by atoms with Crippen molar-refractivity contribution in [3.05, 3.63) is 60.2 Å². The number of aromatic nitrogens is 3. The van der Waals surface area contributed by atoms with E-state index in [1.807, 2.05) is 51.1 Å². The maximum atomic E-state index is 13.4. The Morgan fingerprint density at radius 1 is 0.951 bits per heavy atom. The molecule has 2 fully saturated rings. The van der Waals surface area contributed by atoms with Gasteiger partial charge in [0.1, 0.15) is 11.3 Å². The molecular formula is C30H37N7O4. The molecule has 2 N–H and O–H groups in total. The van der Waals surface area contributed by atoms with Gasteiger partial charge in [-0.15, -0.1) is 0 Å². The monoisotopic (exact) mass is 559 g/mol. The number of nitrogens with two attached hydrogens (primary N) is 1. The molecule has 0 unspecified atom stereocenters. The molecule has 0 bridgehead atoms. The number of ether oxygens (including phenoxy) is 2. The maximum Gasteiger partial charge on any atom is 0.410 e. The van der Waals surface area contributed by atoms with Crippen molar-refractivity contribution in [1.82, 2.24) is 19.9 Å². The van der Waals surface area contributed by atoms with Crippen LogP contribution in [0.4, 0.5) is 22.0 Å². The first-order valence-corrected chi connectivity index (χ1v) is 13.9. The van der Waals surface area contributed by atoms with Crippen LogP contribution < -0.4 is 15.5 Å². The molecular weight excluding hydrogens is 522 g/mol. The van der Waals surface area contributed by atoms with Gasteiger partial charge in [-0.1, -0.05) is 12.1 Å². The van der Waals surface area contributed by atoms with E-state index in [4.69, 9.17) is 15.2 Å². The summed E-state index contributed by atoms with van der Waals surface area (Å²) >= 11 is 0. The van der Waals surface area contributed by atoms with Gasteiger partial charge in [-0.25, -0.2) is 14.8 Å². The fraction of sp³-hybridized carbons (Fsp3) is 0.433. The topological polar surface area (TPSA) is 127 Å². The van der Waals surface area contributed by atoms with Crippen molar-refractivity contribution in [3.63, 3.8) is 0 Å². The van der Waals surface area contributed by atoms with E-state index in [9.17, 15) is 9.59 Å². The molecule has 0 saturated carbocycles. The van der Waals surface area contributed by atoms with E-state index in [-0.39, 0.29) is 29.8 Å². The van der Waals surface area contributed by atoms with Gasteiger partial charge in [0.05, 0.1) is 25.1 Å². The number of anilines is 3. The summed E-state index contributed by atoms with van der Waals surface area (Å²) in [6.07, 6.45) is 4.89. The van der Waals surface area contributed by atoms with Crippen LogP contribution in [0, 0.1) is 0 Å². The molecule has 0 radical (unpaired) electrons. The molecule has 2 aliphatic rings. The molecule has 5 rings (SSSR count). The minimum Gasteiger partial charge on any atom is -0.444 e. The molecule has 0 aliphatic carbocycles. The second kappa shape index (κ2) is 12.1. The summed E-state index contributed by atoms with van der Waals surface area (Å²) in [4.78, 5) is 45.1. The van der Waals surface area contributed by atoms with Gasteiger partial charge in [0, 0.05) is 80.6 Å². The molecule has 216 valence electrons. The fourth-order valence-electron chi connectivity index (χ4n) is 4.98. The largest absolute Gasteiger partial charge is 0.444 e. The Morgan fingerprint density at radius 2 is 1.66 bits per heavy atom. The van der Waals surface area contributed by atoms with Gasteiger partial charge in [-0.05, 0) is 39.0 Å². The zero-order valence-corrected chi connectivity index (χ0v) is 23.9. The summed E-state index contributed by atoms with van der Waals surface area (Å²) in [6.45, 7) is 11.0. The average molecular weight is 560 g/mol. The molecule has 0 spiro atoms. The SMILES string of the molecule is CC(C)(C)OC(=O)N1CCN(c2ccc(-c3cnc(N)c(C(=O)Cc4cnccc4N4CCOCC4)n3)cc2)CC1. The first-order valence-electron chi connectivity index (χ1n) is 13.9. The van der Waals surface area contributed by atoms with Crippen LogP contribution in [0.1, 0.15) is 36.8 Å². The summed E-state index contributed by atoms with van der Waals surface area (Å²) < 4.78 is 11.0. The van der Waals surface area contributed by atoms with E-state index in [1.165, 1.54) is 0 Å². The number of amides is 1. The first-order chi connectivity index (χ1) is 19.7. The van der Waals surface area contributed by atoms with Crippen molar-refractivity contribution >= 4 is 29.1 Å². The molecule has 1 aromatic carbocycles. The third kappa shape index (κ3) is 6.91. The number of benzene rings is 1. The normalized spacial score (nSPS) is 16.0. The van der Waals surface area contributed by atoms with E-state index >= 15 is 0 Å². The van der Waals surface area contributed by atoms with Gasteiger partial charge in [-0.3, -0.25) is 9.78 Å². The number of ketones is 1. The summed E-state index contributed by atoms with van der Waals surface area (Å²) in [5.41, 5.74) is 10.0. The number of carbonyl (C=O) groups excluding carboxylic acids is 2. The Balaban J connectivity index is 1.25. The van der Waals surface area contributed by atoms with Gasteiger partial charge in [-0.2, -0.15) is 0 Å². The fourth-order valence-corrected chi connectivity index (χ4v) is 4.98. The Hall–Kier alpha value is -4.25. The number of hydrogen-bond acceptors (Lipinski definition) is 10. The van der Waals surface area contributed by atoms with Crippen LogP contribution in [0.5, 0.6) is 0 Å². The molecule has 2 saturated heterocycles.